The zero-order valence-electron chi connectivity index (χ0n) is 10.6. The van der Waals surface area contributed by atoms with Gasteiger partial charge in [0.15, 0.2) is 0 Å². The Morgan fingerprint density at radius 3 is 2.67 bits per heavy atom. The third-order valence-corrected chi connectivity index (χ3v) is 3.49. The van der Waals surface area contributed by atoms with E-state index in [4.69, 9.17) is 5.11 Å². The SMILES string of the molecule is Cc1csc(C(C)NC(=O)NCC(C)C(=O)O)n1. The van der Waals surface area contributed by atoms with Crippen molar-refractivity contribution in [1.29, 1.82) is 0 Å². The molecule has 18 heavy (non-hydrogen) atoms. The van der Waals surface area contributed by atoms with Gasteiger partial charge in [-0.1, -0.05) is 6.92 Å². The molecule has 2 atom stereocenters. The van der Waals surface area contributed by atoms with Crippen molar-refractivity contribution in [2.45, 2.75) is 26.8 Å². The Morgan fingerprint density at radius 1 is 1.50 bits per heavy atom. The molecule has 6 nitrogen and oxygen atoms in total. The standard InChI is InChI=1S/C11H17N3O3S/c1-6(10(15)16)4-12-11(17)14-8(3)9-13-7(2)5-18-9/h5-6,8H,4H2,1-3H3,(H,15,16)(H2,12,14,17). The second-order valence-corrected chi connectivity index (χ2v) is 5.03. The molecule has 2 amide bonds. The van der Waals surface area contributed by atoms with E-state index in [1.54, 1.807) is 0 Å². The predicted octanol–water partition coefficient (Wildman–Crippen LogP) is 1.53. The molecule has 0 aromatic carbocycles. The van der Waals surface area contributed by atoms with Gasteiger partial charge in [-0.2, -0.15) is 0 Å². The number of aliphatic carboxylic acids is 1. The van der Waals surface area contributed by atoms with Gasteiger partial charge in [0, 0.05) is 17.6 Å². The summed E-state index contributed by atoms with van der Waals surface area (Å²) in [5.41, 5.74) is 0.920. The minimum absolute atomic E-state index is 0.102. The van der Waals surface area contributed by atoms with Crippen molar-refractivity contribution in [2.75, 3.05) is 6.54 Å². The van der Waals surface area contributed by atoms with E-state index in [0.717, 1.165) is 10.7 Å². The molecule has 0 bridgehead atoms. The quantitative estimate of drug-likeness (QED) is 0.757. The number of urea groups is 1. The second-order valence-electron chi connectivity index (χ2n) is 4.14. The lowest BCUT2D eigenvalue weighted by Crippen LogP contribution is -2.40. The van der Waals surface area contributed by atoms with Crippen molar-refractivity contribution in [3.05, 3.63) is 16.1 Å². The van der Waals surface area contributed by atoms with Gasteiger partial charge in [0.2, 0.25) is 0 Å². The minimum Gasteiger partial charge on any atom is -0.481 e. The first-order valence-corrected chi connectivity index (χ1v) is 6.47. The average molecular weight is 271 g/mol. The summed E-state index contributed by atoms with van der Waals surface area (Å²) in [6.07, 6.45) is 0. The Hall–Kier alpha value is -1.63. The first-order valence-electron chi connectivity index (χ1n) is 5.59. The molecule has 1 aromatic rings. The Morgan fingerprint density at radius 2 is 2.17 bits per heavy atom. The molecular weight excluding hydrogens is 254 g/mol. The molecule has 0 radical (unpaired) electrons. The maximum absolute atomic E-state index is 11.5. The van der Waals surface area contributed by atoms with Crippen LogP contribution in [0.2, 0.25) is 0 Å². The van der Waals surface area contributed by atoms with Crippen molar-refractivity contribution in [3.63, 3.8) is 0 Å². The van der Waals surface area contributed by atoms with Crippen molar-refractivity contribution < 1.29 is 14.7 Å². The largest absolute Gasteiger partial charge is 0.481 e. The maximum atomic E-state index is 11.5. The lowest BCUT2D eigenvalue weighted by molar-refractivity contribution is -0.140. The summed E-state index contributed by atoms with van der Waals surface area (Å²) in [7, 11) is 0. The van der Waals surface area contributed by atoms with E-state index in [2.05, 4.69) is 15.6 Å². The fourth-order valence-electron chi connectivity index (χ4n) is 1.21. The summed E-state index contributed by atoms with van der Waals surface area (Å²) in [6.45, 7) is 5.36. The van der Waals surface area contributed by atoms with Crippen LogP contribution in [0.5, 0.6) is 0 Å². The van der Waals surface area contributed by atoms with Crippen LogP contribution in [0.25, 0.3) is 0 Å². The van der Waals surface area contributed by atoms with Crippen LogP contribution in [-0.4, -0.2) is 28.6 Å². The molecule has 3 N–H and O–H groups in total. The lowest BCUT2D eigenvalue weighted by atomic mass is 10.2. The van der Waals surface area contributed by atoms with E-state index in [9.17, 15) is 9.59 Å². The fourth-order valence-corrected chi connectivity index (χ4v) is 2.02. The predicted molar refractivity (Wildman–Crippen MR) is 68.6 cm³/mol. The van der Waals surface area contributed by atoms with Gasteiger partial charge in [-0.3, -0.25) is 4.79 Å². The molecule has 100 valence electrons. The summed E-state index contributed by atoms with van der Waals surface area (Å²) in [5, 5.41) is 16.6. The van der Waals surface area contributed by atoms with Crippen molar-refractivity contribution in [2.24, 2.45) is 5.92 Å². The molecule has 0 fully saturated rings. The van der Waals surface area contributed by atoms with Crippen LogP contribution in [0.3, 0.4) is 0 Å². The Balaban J connectivity index is 2.38. The number of carbonyl (C=O) groups excluding carboxylic acids is 1. The van der Waals surface area contributed by atoms with E-state index < -0.39 is 11.9 Å². The summed E-state index contributed by atoms with van der Waals surface area (Å²) >= 11 is 1.48. The number of rotatable bonds is 5. The van der Waals surface area contributed by atoms with Gasteiger partial charge in [0.1, 0.15) is 5.01 Å². The molecule has 0 aliphatic rings. The van der Waals surface area contributed by atoms with Gasteiger partial charge in [-0.25, -0.2) is 9.78 Å². The third kappa shape index (κ3) is 4.33. The topological polar surface area (TPSA) is 91.3 Å². The number of aryl methyl sites for hydroxylation is 1. The lowest BCUT2D eigenvalue weighted by Gasteiger charge is -2.13. The molecule has 1 aromatic heterocycles. The van der Waals surface area contributed by atoms with E-state index >= 15 is 0 Å². The highest BCUT2D eigenvalue weighted by molar-refractivity contribution is 7.09. The number of hydrogen-bond donors (Lipinski definition) is 3. The van der Waals surface area contributed by atoms with Crippen LogP contribution in [0.1, 0.15) is 30.6 Å². The van der Waals surface area contributed by atoms with Crippen LogP contribution in [0, 0.1) is 12.8 Å². The van der Waals surface area contributed by atoms with Gasteiger partial charge < -0.3 is 15.7 Å². The zero-order chi connectivity index (χ0) is 13.7. The fraction of sp³-hybridized carbons (Fsp3) is 0.545. The molecule has 0 aliphatic heterocycles. The van der Waals surface area contributed by atoms with E-state index in [1.807, 2.05) is 19.2 Å². The van der Waals surface area contributed by atoms with Crippen molar-refractivity contribution in [3.8, 4) is 0 Å². The van der Waals surface area contributed by atoms with Crippen molar-refractivity contribution in [1.82, 2.24) is 15.6 Å². The molecule has 7 heteroatoms. The zero-order valence-corrected chi connectivity index (χ0v) is 11.4. The molecule has 2 unspecified atom stereocenters. The van der Waals surface area contributed by atoms with Gasteiger partial charge in [-0.15, -0.1) is 11.3 Å². The maximum Gasteiger partial charge on any atom is 0.315 e. The van der Waals surface area contributed by atoms with E-state index in [-0.39, 0.29) is 18.6 Å². The molecule has 0 saturated carbocycles. The normalized spacial score (nSPS) is 13.7. The number of carboxylic acids is 1. The number of carbonyl (C=O) groups is 2. The number of aromatic nitrogens is 1. The molecule has 0 aliphatic carbocycles. The molecule has 1 heterocycles. The van der Waals surface area contributed by atoms with Gasteiger partial charge >= 0.3 is 12.0 Å². The molecule has 1 rings (SSSR count). The number of carboxylic acid groups (broad SMARTS) is 1. The Kier molecular flexibility index (Phi) is 5.08. The summed E-state index contributed by atoms with van der Waals surface area (Å²) in [4.78, 5) is 26.4. The Labute approximate surface area is 109 Å². The van der Waals surface area contributed by atoms with Gasteiger partial charge in [-0.05, 0) is 13.8 Å². The van der Waals surface area contributed by atoms with Crippen LogP contribution in [0.15, 0.2) is 5.38 Å². The highest BCUT2D eigenvalue weighted by atomic mass is 32.1. The smallest absolute Gasteiger partial charge is 0.315 e. The number of nitrogens with zero attached hydrogens (tertiary/aromatic N) is 1. The molecule has 0 spiro atoms. The molecule has 0 saturated heterocycles. The summed E-state index contributed by atoms with van der Waals surface area (Å²) < 4.78 is 0. The number of amides is 2. The van der Waals surface area contributed by atoms with E-state index in [1.165, 1.54) is 18.3 Å². The minimum atomic E-state index is -0.932. The van der Waals surface area contributed by atoms with E-state index in [0.29, 0.717) is 0 Å². The number of hydrogen-bond acceptors (Lipinski definition) is 4. The third-order valence-electron chi connectivity index (χ3n) is 2.35. The highest BCUT2D eigenvalue weighted by Crippen LogP contribution is 2.16. The van der Waals surface area contributed by atoms with Gasteiger partial charge in [0.05, 0.1) is 12.0 Å². The second kappa shape index (κ2) is 6.34. The Bertz CT molecular complexity index is 433. The van der Waals surface area contributed by atoms with Crippen LogP contribution < -0.4 is 10.6 Å². The van der Waals surface area contributed by atoms with Crippen LogP contribution >= 0.6 is 11.3 Å². The first kappa shape index (κ1) is 14.4. The molecular formula is C11H17N3O3S. The summed E-state index contributed by atoms with van der Waals surface area (Å²) in [5.74, 6) is -1.54. The van der Waals surface area contributed by atoms with Crippen LogP contribution in [-0.2, 0) is 4.79 Å². The number of thiazole rings is 1. The average Bonchev–Trinajstić information content (AvgIpc) is 2.72. The van der Waals surface area contributed by atoms with Crippen molar-refractivity contribution >= 4 is 23.3 Å². The van der Waals surface area contributed by atoms with Gasteiger partial charge in [0.25, 0.3) is 0 Å². The number of nitrogens with one attached hydrogen (secondary N) is 2. The summed E-state index contributed by atoms with van der Waals surface area (Å²) in [6, 6.07) is -0.577. The van der Waals surface area contributed by atoms with Crippen LogP contribution in [0.4, 0.5) is 4.79 Å². The first-order chi connectivity index (χ1) is 8.40. The monoisotopic (exact) mass is 271 g/mol. The highest BCUT2D eigenvalue weighted by Gasteiger charge is 2.15.